The van der Waals surface area contributed by atoms with E-state index in [0.29, 0.717) is 11.3 Å². The molecule has 0 atom stereocenters. The number of hydrogen-bond donors (Lipinski definition) is 1. The van der Waals surface area contributed by atoms with Crippen molar-refractivity contribution in [2.75, 3.05) is 0 Å². The SMILES string of the molecule is Cc1ccc(C)c2oc(-c3nc(-c4ccc(C(=O)O)cc4Cl)no3)cc12.[Li+].[OH-]. The first kappa shape index (κ1) is 21.7. The molecule has 2 N–H and O–H groups in total. The van der Waals surface area contributed by atoms with Crippen molar-refractivity contribution in [2.45, 2.75) is 13.8 Å². The van der Waals surface area contributed by atoms with Crippen molar-refractivity contribution in [1.82, 2.24) is 10.1 Å². The molecule has 2 heterocycles. The first-order valence-corrected chi connectivity index (χ1v) is 8.19. The van der Waals surface area contributed by atoms with Crippen molar-refractivity contribution >= 4 is 28.5 Å². The van der Waals surface area contributed by atoms with Crippen LogP contribution in [0, 0.1) is 13.8 Å². The first-order chi connectivity index (χ1) is 12.4. The normalized spacial score (nSPS) is 10.4. The molecule has 0 fully saturated rings. The van der Waals surface area contributed by atoms with Gasteiger partial charge in [-0.3, -0.25) is 0 Å². The number of aryl methyl sites for hydroxylation is 2. The number of halogens is 1. The van der Waals surface area contributed by atoms with Gasteiger partial charge in [0.15, 0.2) is 5.76 Å². The van der Waals surface area contributed by atoms with Gasteiger partial charge in [-0.1, -0.05) is 28.9 Å². The fourth-order valence-electron chi connectivity index (χ4n) is 2.76. The second kappa shape index (κ2) is 8.21. The maximum Gasteiger partial charge on any atom is 1.00 e. The summed E-state index contributed by atoms with van der Waals surface area (Å²) in [6, 6.07) is 10.2. The molecule has 0 spiro atoms. The number of nitrogens with zero attached hydrogens (tertiary/aromatic N) is 2. The molecule has 0 bridgehead atoms. The number of benzene rings is 2. The van der Waals surface area contributed by atoms with Crippen LogP contribution >= 0.6 is 11.6 Å². The number of hydrogen-bond acceptors (Lipinski definition) is 6. The van der Waals surface area contributed by atoms with E-state index in [1.165, 1.54) is 12.1 Å². The third kappa shape index (κ3) is 3.70. The molecule has 0 amide bonds. The van der Waals surface area contributed by atoms with Crippen LogP contribution in [-0.4, -0.2) is 26.7 Å². The van der Waals surface area contributed by atoms with Crippen LogP contribution in [0.2, 0.25) is 5.02 Å². The zero-order valence-corrected chi connectivity index (χ0v) is 16.1. The molecule has 28 heavy (non-hydrogen) atoms. The third-order valence-corrected chi connectivity index (χ3v) is 4.50. The summed E-state index contributed by atoms with van der Waals surface area (Å²) in [5.74, 6) is -0.0982. The molecule has 7 nitrogen and oxygen atoms in total. The van der Waals surface area contributed by atoms with Crippen LogP contribution in [0.1, 0.15) is 21.5 Å². The summed E-state index contributed by atoms with van der Waals surface area (Å²) in [4.78, 5) is 15.3. The Balaban J connectivity index is 0.00000140. The van der Waals surface area contributed by atoms with Crippen molar-refractivity contribution in [2.24, 2.45) is 0 Å². The van der Waals surface area contributed by atoms with E-state index < -0.39 is 5.97 Å². The van der Waals surface area contributed by atoms with Gasteiger partial charge in [0.2, 0.25) is 5.82 Å². The number of fused-ring (bicyclic) bond motifs is 1. The predicted molar refractivity (Wildman–Crippen MR) is 98.3 cm³/mol. The summed E-state index contributed by atoms with van der Waals surface area (Å²) < 4.78 is 11.2. The number of aromatic carboxylic acids is 1. The van der Waals surface area contributed by atoms with Gasteiger partial charge >= 0.3 is 24.8 Å². The molecule has 0 saturated heterocycles. The van der Waals surface area contributed by atoms with E-state index in [1.807, 2.05) is 32.0 Å². The number of furan rings is 1. The van der Waals surface area contributed by atoms with Crippen molar-refractivity contribution in [3.8, 4) is 23.0 Å². The molecule has 138 valence electrons. The maximum absolute atomic E-state index is 11.0. The molecule has 4 rings (SSSR count). The maximum atomic E-state index is 11.0. The van der Waals surface area contributed by atoms with Gasteiger partial charge in [-0.25, -0.2) is 4.79 Å². The molecular formula is C19H14ClLiN2O5. The van der Waals surface area contributed by atoms with Gasteiger partial charge in [-0.15, -0.1) is 0 Å². The molecule has 0 aliphatic carbocycles. The molecule has 0 saturated carbocycles. The van der Waals surface area contributed by atoms with Gasteiger partial charge in [0.05, 0.1) is 10.6 Å². The Kier molecular flexibility index (Phi) is 6.37. The molecular weight excluding hydrogens is 379 g/mol. The Morgan fingerprint density at radius 2 is 1.82 bits per heavy atom. The Morgan fingerprint density at radius 3 is 2.46 bits per heavy atom. The first-order valence-electron chi connectivity index (χ1n) is 7.81. The Morgan fingerprint density at radius 1 is 1.11 bits per heavy atom. The minimum atomic E-state index is -1.06. The van der Waals surface area contributed by atoms with E-state index in [9.17, 15) is 4.79 Å². The third-order valence-electron chi connectivity index (χ3n) is 4.19. The fourth-order valence-corrected chi connectivity index (χ4v) is 3.03. The second-order valence-corrected chi connectivity index (χ2v) is 6.38. The molecule has 0 unspecified atom stereocenters. The quantitative estimate of drug-likeness (QED) is 0.529. The monoisotopic (exact) mass is 392 g/mol. The van der Waals surface area contributed by atoms with Crippen LogP contribution < -0.4 is 18.9 Å². The van der Waals surface area contributed by atoms with Crippen molar-refractivity contribution in [1.29, 1.82) is 0 Å². The molecule has 9 heteroatoms. The van der Waals surface area contributed by atoms with Gasteiger partial charge in [0.25, 0.3) is 5.89 Å². The van der Waals surface area contributed by atoms with Crippen LogP contribution in [0.5, 0.6) is 0 Å². The zero-order valence-electron chi connectivity index (χ0n) is 15.4. The van der Waals surface area contributed by atoms with Gasteiger partial charge in [-0.05, 0) is 49.2 Å². The molecule has 2 aromatic heterocycles. The summed E-state index contributed by atoms with van der Waals surface area (Å²) in [5.41, 5.74) is 3.46. The summed E-state index contributed by atoms with van der Waals surface area (Å²) >= 11 is 6.16. The topological polar surface area (TPSA) is 119 Å². The average molecular weight is 393 g/mol. The zero-order chi connectivity index (χ0) is 18.4. The summed E-state index contributed by atoms with van der Waals surface area (Å²) in [5, 5.41) is 14.2. The number of carboxylic acids is 1. The van der Waals surface area contributed by atoms with Crippen LogP contribution in [0.3, 0.4) is 0 Å². The van der Waals surface area contributed by atoms with E-state index in [0.717, 1.165) is 22.1 Å². The van der Waals surface area contributed by atoms with Gasteiger partial charge < -0.3 is 19.5 Å². The fraction of sp³-hybridized carbons (Fsp3) is 0.105. The van der Waals surface area contributed by atoms with Crippen molar-refractivity contribution < 1.29 is 43.2 Å². The summed E-state index contributed by atoms with van der Waals surface area (Å²) in [7, 11) is 0. The molecule has 0 aliphatic rings. The van der Waals surface area contributed by atoms with Crippen LogP contribution in [0.15, 0.2) is 45.3 Å². The van der Waals surface area contributed by atoms with E-state index in [-0.39, 0.29) is 46.6 Å². The molecule has 0 radical (unpaired) electrons. The Bertz CT molecular complexity index is 1130. The van der Waals surface area contributed by atoms with Crippen molar-refractivity contribution in [3.63, 3.8) is 0 Å². The standard InChI is InChI=1S/C19H13ClN2O4.Li.H2O/c1-9-3-4-10(2)16-13(9)8-15(25-16)18-21-17(22-26-18)12-6-5-11(19(23)24)7-14(12)20;;/h3-8H,1-2H3,(H,23,24);;1H2/q;+1;/p-1. The number of aromatic nitrogens is 2. The summed E-state index contributed by atoms with van der Waals surface area (Å²) in [6.45, 7) is 3.97. The van der Waals surface area contributed by atoms with Gasteiger partial charge in [0.1, 0.15) is 5.58 Å². The summed E-state index contributed by atoms with van der Waals surface area (Å²) in [6.07, 6.45) is 0. The predicted octanol–water partition coefficient (Wildman–Crippen LogP) is 1.95. The second-order valence-electron chi connectivity index (χ2n) is 5.98. The van der Waals surface area contributed by atoms with Crippen LogP contribution in [0.25, 0.3) is 34.0 Å². The minimum Gasteiger partial charge on any atom is -0.870 e. The van der Waals surface area contributed by atoms with Gasteiger partial charge in [0, 0.05) is 10.9 Å². The smallest absolute Gasteiger partial charge is 0.870 e. The Labute approximate surface area is 176 Å². The van der Waals surface area contributed by atoms with E-state index in [2.05, 4.69) is 10.1 Å². The Hall–Kier alpha value is -2.56. The number of rotatable bonds is 3. The molecule has 2 aromatic carbocycles. The van der Waals surface area contributed by atoms with E-state index in [1.54, 1.807) is 6.07 Å². The van der Waals surface area contributed by atoms with Gasteiger partial charge in [-0.2, -0.15) is 4.98 Å². The van der Waals surface area contributed by atoms with Crippen LogP contribution in [-0.2, 0) is 0 Å². The number of carbonyl (C=O) groups is 1. The van der Waals surface area contributed by atoms with Crippen molar-refractivity contribution in [3.05, 3.63) is 58.1 Å². The molecule has 0 aliphatic heterocycles. The molecule has 4 aromatic rings. The minimum absolute atomic E-state index is 0. The average Bonchev–Trinajstić information content (AvgIpc) is 3.25. The van der Waals surface area contributed by atoms with E-state index in [4.69, 9.17) is 25.6 Å². The number of carboxylic acid groups (broad SMARTS) is 1. The van der Waals surface area contributed by atoms with Crippen LogP contribution in [0.4, 0.5) is 0 Å². The largest absolute Gasteiger partial charge is 1.00 e. The van der Waals surface area contributed by atoms with E-state index >= 15 is 0 Å².